The van der Waals surface area contributed by atoms with Crippen molar-refractivity contribution in [3.05, 3.63) is 53.3 Å². The van der Waals surface area contributed by atoms with Crippen LogP contribution in [0.2, 0.25) is 0 Å². The van der Waals surface area contributed by atoms with Crippen LogP contribution in [-0.4, -0.2) is 0 Å². The SMILES string of the molecule is Cc1cc(F)ccc1Oc1cc(C(F)(F)F)ccc1P. The molecule has 2 aromatic carbocycles. The van der Waals surface area contributed by atoms with Gasteiger partial charge in [-0.25, -0.2) is 4.39 Å². The monoisotopic (exact) mass is 302 g/mol. The Morgan fingerprint density at radius 3 is 2.30 bits per heavy atom. The Hall–Kier alpha value is -1.61. The van der Waals surface area contributed by atoms with Crippen molar-refractivity contribution in [2.24, 2.45) is 0 Å². The standard InChI is InChI=1S/C14H11F4OP/c1-8-6-10(15)3-4-11(8)19-12-7-9(14(16,17)18)2-5-13(12)20/h2-7H,20H2,1H3. The third-order valence-corrected chi connectivity index (χ3v) is 3.17. The highest BCUT2D eigenvalue weighted by molar-refractivity contribution is 7.27. The molecule has 0 N–H and O–H groups in total. The third kappa shape index (κ3) is 3.28. The van der Waals surface area contributed by atoms with Gasteiger partial charge in [-0.05, 0) is 42.8 Å². The van der Waals surface area contributed by atoms with Crippen molar-refractivity contribution in [2.45, 2.75) is 13.1 Å². The number of benzene rings is 2. The second-order valence-corrected chi connectivity index (χ2v) is 4.88. The first-order chi connectivity index (χ1) is 9.27. The van der Waals surface area contributed by atoms with Gasteiger partial charge in [-0.15, -0.1) is 9.24 Å². The van der Waals surface area contributed by atoms with Gasteiger partial charge in [-0.2, -0.15) is 13.2 Å². The van der Waals surface area contributed by atoms with Crippen LogP contribution in [0.25, 0.3) is 0 Å². The Morgan fingerprint density at radius 2 is 1.70 bits per heavy atom. The zero-order chi connectivity index (χ0) is 14.9. The van der Waals surface area contributed by atoms with E-state index in [0.717, 1.165) is 12.1 Å². The fraction of sp³-hybridized carbons (Fsp3) is 0.143. The van der Waals surface area contributed by atoms with Gasteiger partial charge in [0.1, 0.15) is 17.3 Å². The van der Waals surface area contributed by atoms with E-state index in [9.17, 15) is 17.6 Å². The summed E-state index contributed by atoms with van der Waals surface area (Å²) < 4.78 is 56.4. The van der Waals surface area contributed by atoms with Crippen LogP contribution in [-0.2, 0) is 6.18 Å². The summed E-state index contributed by atoms with van der Waals surface area (Å²) in [4.78, 5) is 0. The van der Waals surface area contributed by atoms with Gasteiger partial charge in [-0.1, -0.05) is 6.07 Å². The molecule has 106 valence electrons. The van der Waals surface area contributed by atoms with Crippen molar-refractivity contribution in [1.82, 2.24) is 0 Å². The third-order valence-electron chi connectivity index (χ3n) is 2.70. The normalized spacial score (nSPS) is 11.5. The quantitative estimate of drug-likeness (QED) is 0.588. The maximum absolute atomic E-state index is 13.0. The molecule has 0 fully saturated rings. The largest absolute Gasteiger partial charge is 0.456 e. The van der Waals surface area contributed by atoms with E-state index in [1.54, 1.807) is 6.92 Å². The Bertz CT molecular complexity index is 638. The summed E-state index contributed by atoms with van der Waals surface area (Å²) in [5, 5.41) is 0.488. The number of aryl methyl sites for hydroxylation is 1. The minimum Gasteiger partial charge on any atom is -0.456 e. The van der Waals surface area contributed by atoms with Crippen LogP contribution >= 0.6 is 9.24 Å². The van der Waals surface area contributed by atoms with Gasteiger partial charge in [0, 0.05) is 5.30 Å². The van der Waals surface area contributed by atoms with Crippen molar-refractivity contribution in [1.29, 1.82) is 0 Å². The van der Waals surface area contributed by atoms with Crippen LogP contribution in [0, 0.1) is 12.7 Å². The van der Waals surface area contributed by atoms with Gasteiger partial charge < -0.3 is 4.74 Å². The molecule has 1 nitrogen and oxygen atoms in total. The van der Waals surface area contributed by atoms with Crippen molar-refractivity contribution in [3.63, 3.8) is 0 Å². The van der Waals surface area contributed by atoms with Gasteiger partial charge in [0.25, 0.3) is 0 Å². The average Bonchev–Trinajstić information content (AvgIpc) is 2.33. The Balaban J connectivity index is 2.38. The fourth-order valence-corrected chi connectivity index (χ4v) is 1.88. The zero-order valence-electron chi connectivity index (χ0n) is 10.5. The van der Waals surface area contributed by atoms with Gasteiger partial charge in [-0.3, -0.25) is 0 Å². The molecule has 0 amide bonds. The first kappa shape index (κ1) is 14.8. The average molecular weight is 302 g/mol. The molecule has 6 heteroatoms. The molecule has 1 unspecified atom stereocenters. The maximum atomic E-state index is 13.0. The molecule has 0 aliphatic heterocycles. The first-order valence-electron chi connectivity index (χ1n) is 5.68. The van der Waals surface area contributed by atoms with Crippen molar-refractivity contribution in [3.8, 4) is 11.5 Å². The van der Waals surface area contributed by atoms with Gasteiger partial charge in [0.2, 0.25) is 0 Å². The number of alkyl halides is 3. The molecule has 0 aliphatic carbocycles. The summed E-state index contributed by atoms with van der Waals surface area (Å²) in [5.41, 5.74) is -0.287. The maximum Gasteiger partial charge on any atom is 0.416 e. The van der Waals surface area contributed by atoms with E-state index in [0.29, 0.717) is 16.6 Å². The second-order valence-electron chi connectivity index (χ2n) is 4.26. The van der Waals surface area contributed by atoms with Crippen LogP contribution in [0.5, 0.6) is 11.5 Å². The lowest BCUT2D eigenvalue weighted by atomic mass is 10.2. The van der Waals surface area contributed by atoms with E-state index in [4.69, 9.17) is 4.74 Å². The number of halogens is 4. The summed E-state index contributed by atoms with van der Waals surface area (Å²) in [5.74, 6) is -0.0426. The number of hydrogen-bond acceptors (Lipinski definition) is 1. The highest BCUT2D eigenvalue weighted by atomic mass is 31.0. The van der Waals surface area contributed by atoms with Crippen LogP contribution in [0.15, 0.2) is 36.4 Å². The van der Waals surface area contributed by atoms with Crippen molar-refractivity contribution < 1.29 is 22.3 Å². The Kier molecular flexibility index (Phi) is 4.00. The molecule has 1 atom stereocenters. The van der Waals surface area contributed by atoms with Gasteiger partial charge in [0.05, 0.1) is 5.56 Å². The molecular formula is C14H11F4OP. The lowest BCUT2D eigenvalue weighted by Gasteiger charge is -2.13. The second kappa shape index (κ2) is 5.41. The van der Waals surface area contributed by atoms with E-state index < -0.39 is 17.6 Å². The molecule has 2 aromatic rings. The minimum absolute atomic E-state index is 0.0690. The first-order valence-corrected chi connectivity index (χ1v) is 6.26. The van der Waals surface area contributed by atoms with E-state index in [1.807, 2.05) is 0 Å². The summed E-state index contributed by atoms with van der Waals surface area (Å²) >= 11 is 0. The molecule has 0 saturated heterocycles. The van der Waals surface area contributed by atoms with Crippen LogP contribution in [0.1, 0.15) is 11.1 Å². The molecule has 0 spiro atoms. The van der Waals surface area contributed by atoms with Crippen LogP contribution in [0.4, 0.5) is 17.6 Å². The van der Waals surface area contributed by atoms with E-state index >= 15 is 0 Å². The lowest BCUT2D eigenvalue weighted by Crippen LogP contribution is -2.08. The minimum atomic E-state index is -4.44. The van der Waals surface area contributed by atoms with E-state index in [1.165, 1.54) is 24.3 Å². The van der Waals surface area contributed by atoms with E-state index in [2.05, 4.69) is 9.24 Å². The molecular weight excluding hydrogens is 291 g/mol. The molecule has 0 heterocycles. The highest BCUT2D eigenvalue weighted by Gasteiger charge is 2.31. The topological polar surface area (TPSA) is 9.23 Å². The zero-order valence-corrected chi connectivity index (χ0v) is 11.6. The lowest BCUT2D eigenvalue weighted by molar-refractivity contribution is -0.137. The summed E-state index contributed by atoms with van der Waals surface area (Å²) in [6.07, 6.45) is -4.44. The fourth-order valence-electron chi connectivity index (χ4n) is 1.64. The van der Waals surface area contributed by atoms with Crippen molar-refractivity contribution in [2.75, 3.05) is 0 Å². The smallest absolute Gasteiger partial charge is 0.416 e. The molecule has 0 saturated carbocycles. The Morgan fingerprint density at radius 1 is 1.00 bits per heavy atom. The molecule has 0 aromatic heterocycles. The predicted molar refractivity (Wildman–Crippen MR) is 72.0 cm³/mol. The number of ether oxygens (including phenoxy) is 1. The van der Waals surface area contributed by atoms with Gasteiger partial charge >= 0.3 is 6.18 Å². The predicted octanol–water partition coefficient (Wildman–Crippen LogP) is 4.45. The molecule has 20 heavy (non-hydrogen) atoms. The summed E-state index contributed by atoms with van der Waals surface area (Å²) in [6, 6.07) is 7.04. The number of hydrogen-bond donors (Lipinski definition) is 0. The highest BCUT2D eigenvalue weighted by Crippen LogP contribution is 2.33. The van der Waals surface area contributed by atoms with E-state index in [-0.39, 0.29) is 5.75 Å². The molecule has 0 aliphatic rings. The summed E-state index contributed by atoms with van der Waals surface area (Å²) in [6.45, 7) is 1.62. The number of rotatable bonds is 2. The van der Waals surface area contributed by atoms with Gasteiger partial charge in [0.15, 0.2) is 0 Å². The molecule has 0 bridgehead atoms. The Labute approximate surface area is 115 Å². The van der Waals surface area contributed by atoms with Crippen LogP contribution in [0.3, 0.4) is 0 Å². The molecule has 2 rings (SSSR count). The van der Waals surface area contributed by atoms with Crippen LogP contribution < -0.4 is 10.0 Å². The summed E-state index contributed by atoms with van der Waals surface area (Å²) in [7, 11) is 2.30. The van der Waals surface area contributed by atoms with Crippen molar-refractivity contribution >= 4 is 14.5 Å². The molecule has 0 radical (unpaired) electrons.